The maximum absolute atomic E-state index is 12.3. The van der Waals surface area contributed by atoms with Crippen molar-refractivity contribution >= 4 is 16.9 Å². The van der Waals surface area contributed by atoms with Crippen LogP contribution in [-0.2, 0) is 11.3 Å². The fourth-order valence-electron chi connectivity index (χ4n) is 2.84. The lowest BCUT2D eigenvalue weighted by Gasteiger charge is -2.22. The molecule has 7 heteroatoms. The average Bonchev–Trinajstić information content (AvgIpc) is 3.11. The van der Waals surface area contributed by atoms with Crippen LogP contribution in [0.3, 0.4) is 0 Å². The Kier molecular flexibility index (Phi) is 5.10. The Bertz CT molecular complexity index is 768. The molecule has 1 aliphatic heterocycles. The minimum atomic E-state index is -0.189. The van der Waals surface area contributed by atoms with E-state index in [0.717, 1.165) is 19.4 Å². The molecule has 2 amide bonds. The first-order valence-corrected chi connectivity index (χ1v) is 8.29. The van der Waals surface area contributed by atoms with E-state index in [2.05, 4.69) is 15.3 Å². The van der Waals surface area contributed by atoms with E-state index < -0.39 is 0 Å². The lowest BCUT2D eigenvalue weighted by Crippen LogP contribution is -2.42. The van der Waals surface area contributed by atoms with Crippen molar-refractivity contribution in [1.29, 1.82) is 0 Å². The number of ether oxygens (including phenoxy) is 1. The van der Waals surface area contributed by atoms with Gasteiger partial charge in [0.1, 0.15) is 5.82 Å². The maximum atomic E-state index is 12.3. The second-order valence-electron chi connectivity index (χ2n) is 5.87. The third kappa shape index (κ3) is 3.73. The van der Waals surface area contributed by atoms with Crippen molar-refractivity contribution in [3.63, 3.8) is 0 Å². The number of aromatic nitrogens is 2. The van der Waals surface area contributed by atoms with E-state index in [1.165, 1.54) is 0 Å². The number of hydrogen-bond acceptors (Lipinski definition) is 4. The van der Waals surface area contributed by atoms with Crippen LogP contribution in [0, 0.1) is 0 Å². The number of hydrogen-bond donors (Lipinski definition) is 2. The van der Waals surface area contributed by atoms with E-state index in [4.69, 9.17) is 4.74 Å². The van der Waals surface area contributed by atoms with Crippen LogP contribution in [-0.4, -0.2) is 46.7 Å². The molecule has 0 saturated carbocycles. The summed E-state index contributed by atoms with van der Waals surface area (Å²) < 4.78 is 5.51. The molecule has 1 fully saturated rings. The summed E-state index contributed by atoms with van der Waals surface area (Å²) in [7, 11) is 0. The molecular weight excluding hydrogens is 308 g/mol. The predicted octanol–water partition coefficient (Wildman–Crippen LogP) is 1.63. The van der Waals surface area contributed by atoms with Crippen molar-refractivity contribution in [3.8, 4) is 0 Å². The fraction of sp³-hybridized carbons (Fsp3) is 0.471. The van der Waals surface area contributed by atoms with Gasteiger partial charge < -0.3 is 19.9 Å². The van der Waals surface area contributed by atoms with E-state index in [0.29, 0.717) is 29.8 Å². The summed E-state index contributed by atoms with van der Waals surface area (Å²) in [5, 5.41) is 3.44. The number of nitrogens with zero attached hydrogens (tertiary/aromatic N) is 2. The summed E-state index contributed by atoms with van der Waals surface area (Å²) in [6.07, 6.45) is 2.12. The van der Waals surface area contributed by atoms with Crippen molar-refractivity contribution in [2.45, 2.75) is 32.4 Å². The lowest BCUT2D eigenvalue weighted by molar-refractivity contribution is 0.108. The Hall–Kier alpha value is -2.41. The largest absolute Gasteiger partial charge is 0.376 e. The molecule has 0 unspecified atom stereocenters. The highest BCUT2D eigenvalue weighted by Gasteiger charge is 2.19. The Balaban J connectivity index is 1.68. The topological polar surface area (TPSA) is 87.3 Å². The molecule has 1 aliphatic rings. The van der Waals surface area contributed by atoms with Gasteiger partial charge in [0.2, 0.25) is 0 Å². The van der Waals surface area contributed by atoms with Gasteiger partial charge in [-0.2, -0.15) is 0 Å². The van der Waals surface area contributed by atoms with Crippen LogP contribution in [0.4, 0.5) is 4.79 Å². The molecule has 0 radical (unpaired) electrons. The smallest absolute Gasteiger partial charge is 0.317 e. The first-order chi connectivity index (χ1) is 11.7. The second kappa shape index (κ2) is 7.44. The van der Waals surface area contributed by atoms with Crippen molar-refractivity contribution < 1.29 is 9.53 Å². The number of para-hydroxylation sites is 1. The molecule has 0 spiro atoms. The molecule has 0 bridgehead atoms. The summed E-state index contributed by atoms with van der Waals surface area (Å²) in [4.78, 5) is 33.2. The van der Waals surface area contributed by atoms with E-state index in [1.54, 1.807) is 23.1 Å². The quantitative estimate of drug-likeness (QED) is 0.872. The van der Waals surface area contributed by atoms with Crippen molar-refractivity contribution in [1.82, 2.24) is 20.2 Å². The molecule has 2 N–H and O–H groups in total. The van der Waals surface area contributed by atoms with Gasteiger partial charge in [-0.1, -0.05) is 12.1 Å². The highest BCUT2D eigenvalue weighted by atomic mass is 16.5. The van der Waals surface area contributed by atoms with E-state index in [9.17, 15) is 9.59 Å². The molecule has 1 atom stereocenters. The number of amides is 2. The number of H-pyrrole nitrogens is 1. The molecular formula is C17H22N4O3. The van der Waals surface area contributed by atoms with E-state index >= 15 is 0 Å². The number of benzene rings is 1. The highest BCUT2D eigenvalue weighted by Crippen LogP contribution is 2.11. The monoisotopic (exact) mass is 330 g/mol. The number of carbonyl (C=O) groups excluding carboxylic acids is 1. The van der Waals surface area contributed by atoms with Gasteiger partial charge in [0.15, 0.2) is 0 Å². The molecule has 128 valence electrons. The Morgan fingerprint density at radius 1 is 1.46 bits per heavy atom. The van der Waals surface area contributed by atoms with Crippen LogP contribution in [0.2, 0.25) is 0 Å². The molecule has 7 nitrogen and oxygen atoms in total. The first kappa shape index (κ1) is 16.4. The van der Waals surface area contributed by atoms with Crippen molar-refractivity contribution in [2.24, 2.45) is 0 Å². The van der Waals surface area contributed by atoms with Gasteiger partial charge in [0.05, 0.1) is 23.6 Å². The van der Waals surface area contributed by atoms with Crippen LogP contribution in [0.5, 0.6) is 0 Å². The van der Waals surface area contributed by atoms with Crippen molar-refractivity contribution in [2.75, 3.05) is 19.7 Å². The van der Waals surface area contributed by atoms with Gasteiger partial charge >= 0.3 is 6.03 Å². The standard InChI is InChI=1S/C17H22N4O3/c1-2-21(17(23)18-10-12-6-5-9-24-12)11-15-19-14-8-4-3-7-13(14)16(22)20-15/h3-4,7-8,12H,2,5-6,9-11H2,1H3,(H,18,23)(H,19,20,22)/t12-/m1/s1. The van der Waals surface area contributed by atoms with Crippen LogP contribution in [0.25, 0.3) is 10.9 Å². The number of rotatable bonds is 5. The fourth-order valence-corrected chi connectivity index (χ4v) is 2.84. The van der Waals surface area contributed by atoms with Gasteiger partial charge in [0, 0.05) is 19.7 Å². The third-order valence-electron chi connectivity index (χ3n) is 4.18. The molecule has 2 heterocycles. The number of carbonyl (C=O) groups is 1. The van der Waals surface area contributed by atoms with Gasteiger partial charge in [-0.3, -0.25) is 4.79 Å². The van der Waals surface area contributed by atoms with Gasteiger partial charge in [-0.25, -0.2) is 9.78 Å². The summed E-state index contributed by atoms with van der Waals surface area (Å²) in [6.45, 7) is 3.95. The van der Waals surface area contributed by atoms with Crippen LogP contribution in [0.1, 0.15) is 25.6 Å². The Morgan fingerprint density at radius 2 is 2.29 bits per heavy atom. The minimum absolute atomic E-state index is 0.103. The number of aromatic amines is 1. The zero-order chi connectivity index (χ0) is 16.9. The molecule has 1 aromatic carbocycles. The van der Waals surface area contributed by atoms with E-state index in [1.807, 2.05) is 13.0 Å². The molecule has 24 heavy (non-hydrogen) atoms. The summed E-state index contributed by atoms with van der Waals surface area (Å²) >= 11 is 0. The number of urea groups is 1. The Morgan fingerprint density at radius 3 is 3.04 bits per heavy atom. The summed E-state index contributed by atoms with van der Waals surface area (Å²) in [5.74, 6) is 0.479. The van der Waals surface area contributed by atoms with Gasteiger partial charge in [0.25, 0.3) is 5.56 Å². The number of fused-ring (bicyclic) bond motifs is 1. The lowest BCUT2D eigenvalue weighted by atomic mass is 10.2. The number of nitrogens with one attached hydrogen (secondary N) is 2. The normalized spacial score (nSPS) is 17.1. The second-order valence-corrected chi connectivity index (χ2v) is 5.87. The third-order valence-corrected chi connectivity index (χ3v) is 4.18. The first-order valence-electron chi connectivity index (χ1n) is 8.29. The molecule has 1 saturated heterocycles. The minimum Gasteiger partial charge on any atom is -0.376 e. The van der Waals surface area contributed by atoms with Gasteiger partial charge in [-0.15, -0.1) is 0 Å². The molecule has 0 aliphatic carbocycles. The molecule has 1 aromatic heterocycles. The molecule has 3 rings (SSSR count). The average molecular weight is 330 g/mol. The maximum Gasteiger partial charge on any atom is 0.317 e. The highest BCUT2D eigenvalue weighted by molar-refractivity contribution is 5.77. The molecule has 2 aromatic rings. The summed E-state index contributed by atoms with van der Waals surface area (Å²) in [6, 6.07) is 6.99. The van der Waals surface area contributed by atoms with Crippen LogP contribution in [0.15, 0.2) is 29.1 Å². The SMILES string of the molecule is CCN(Cc1nc2ccccc2c(=O)[nH]1)C(=O)NC[C@H]1CCCO1. The Labute approximate surface area is 140 Å². The van der Waals surface area contributed by atoms with E-state index in [-0.39, 0.29) is 24.2 Å². The predicted molar refractivity (Wildman–Crippen MR) is 90.8 cm³/mol. The van der Waals surface area contributed by atoms with Crippen LogP contribution >= 0.6 is 0 Å². The summed E-state index contributed by atoms with van der Waals surface area (Å²) in [5.41, 5.74) is 0.443. The van der Waals surface area contributed by atoms with Crippen molar-refractivity contribution in [3.05, 3.63) is 40.4 Å². The zero-order valence-electron chi connectivity index (χ0n) is 13.7. The van der Waals surface area contributed by atoms with Gasteiger partial charge in [-0.05, 0) is 31.9 Å². The zero-order valence-corrected chi connectivity index (χ0v) is 13.7. The van der Waals surface area contributed by atoms with Crippen LogP contribution < -0.4 is 10.9 Å².